The van der Waals surface area contributed by atoms with Crippen molar-refractivity contribution in [2.45, 2.75) is 37.2 Å². The Labute approximate surface area is 120 Å². The van der Waals surface area contributed by atoms with Gasteiger partial charge in [-0.3, -0.25) is 10.7 Å². The molecule has 103 valence electrons. The number of hydrogen-bond donors (Lipinski definition) is 0. The normalized spacial score (nSPS) is 20.5. The van der Waals surface area contributed by atoms with E-state index in [4.69, 9.17) is 5.73 Å². The lowest BCUT2D eigenvalue weighted by Crippen LogP contribution is -2.31. The van der Waals surface area contributed by atoms with Crippen molar-refractivity contribution < 1.29 is 0 Å². The average Bonchev–Trinajstić information content (AvgIpc) is 2.73. The Balaban J connectivity index is 1.68. The van der Waals surface area contributed by atoms with Crippen molar-refractivity contribution in [3.63, 3.8) is 0 Å². The third-order valence-corrected chi connectivity index (χ3v) is 4.47. The van der Waals surface area contributed by atoms with E-state index in [0.717, 1.165) is 31.1 Å². The minimum atomic E-state index is -0.00564. The van der Waals surface area contributed by atoms with E-state index in [2.05, 4.69) is 35.9 Å². The van der Waals surface area contributed by atoms with Gasteiger partial charge in [0, 0.05) is 29.8 Å². The largest absolute Gasteiger partial charge is 0.358 e. The third kappa shape index (κ3) is 4.55. The first-order valence-electron chi connectivity index (χ1n) is 6.83. The zero-order valence-corrected chi connectivity index (χ0v) is 12.5. The van der Waals surface area contributed by atoms with Crippen LogP contribution in [0.5, 0.6) is 0 Å². The fraction of sp³-hybridized carbons (Fsp3) is 0.533. The van der Waals surface area contributed by atoms with Gasteiger partial charge in [0.25, 0.3) is 0 Å². The summed E-state index contributed by atoms with van der Waals surface area (Å²) in [5.74, 6) is 2.00. The van der Waals surface area contributed by atoms with Crippen molar-refractivity contribution in [2.75, 3.05) is 18.8 Å². The SMILES string of the molecule is CC1=NC(C)CN1CC[C@@H]([NH])CSc1ccccc1. The maximum atomic E-state index is 8.11. The van der Waals surface area contributed by atoms with Gasteiger partial charge in [0.15, 0.2) is 0 Å². The molecule has 1 radical (unpaired) electrons. The Morgan fingerprint density at radius 2 is 2.16 bits per heavy atom. The lowest BCUT2D eigenvalue weighted by Gasteiger charge is -2.20. The van der Waals surface area contributed by atoms with Gasteiger partial charge in [0.05, 0.1) is 11.9 Å². The van der Waals surface area contributed by atoms with Gasteiger partial charge in [-0.15, -0.1) is 11.8 Å². The first kappa shape index (κ1) is 14.4. The predicted octanol–water partition coefficient (Wildman–Crippen LogP) is 2.94. The fourth-order valence-electron chi connectivity index (χ4n) is 2.25. The molecule has 1 aliphatic heterocycles. The van der Waals surface area contributed by atoms with Crippen LogP contribution in [0.1, 0.15) is 20.3 Å². The molecule has 1 aromatic carbocycles. The van der Waals surface area contributed by atoms with Crippen molar-refractivity contribution in [2.24, 2.45) is 4.99 Å². The summed E-state index contributed by atoms with van der Waals surface area (Å²) in [7, 11) is 0. The van der Waals surface area contributed by atoms with Crippen molar-refractivity contribution in [1.29, 1.82) is 0 Å². The van der Waals surface area contributed by atoms with E-state index < -0.39 is 0 Å². The zero-order chi connectivity index (χ0) is 13.7. The lowest BCUT2D eigenvalue weighted by molar-refractivity contribution is 0.405. The van der Waals surface area contributed by atoms with E-state index in [1.165, 1.54) is 4.90 Å². The van der Waals surface area contributed by atoms with Crippen LogP contribution in [0.4, 0.5) is 0 Å². The number of amidine groups is 1. The second-order valence-corrected chi connectivity index (χ2v) is 6.17. The summed E-state index contributed by atoms with van der Waals surface area (Å²) in [5, 5.41) is 0. The van der Waals surface area contributed by atoms with Crippen LogP contribution in [-0.2, 0) is 0 Å². The first-order valence-corrected chi connectivity index (χ1v) is 7.82. The van der Waals surface area contributed by atoms with Crippen LogP contribution in [-0.4, -0.2) is 41.7 Å². The predicted molar refractivity (Wildman–Crippen MR) is 82.8 cm³/mol. The molecule has 0 amide bonds. The van der Waals surface area contributed by atoms with Gasteiger partial charge < -0.3 is 4.90 Å². The molecule has 1 aliphatic rings. The van der Waals surface area contributed by atoms with Crippen molar-refractivity contribution in [1.82, 2.24) is 10.6 Å². The van der Waals surface area contributed by atoms with Crippen LogP contribution in [0, 0.1) is 0 Å². The molecule has 0 fully saturated rings. The highest BCUT2D eigenvalue weighted by Gasteiger charge is 2.18. The van der Waals surface area contributed by atoms with Gasteiger partial charge in [-0.25, -0.2) is 0 Å². The summed E-state index contributed by atoms with van der Waals surface area (Å²) in [6, 6.07) is 10.8. The molecule has 0 aliphatic carbocycles. The molecule has 0 aromatic heterocycles. The summed E-state index contributed by atoms with van der Waals surface area (Å²) in [6.45, 7) is 6.20. The van der Waals surface area contributed by atoms with Gasteiger partial charge in [0.2, 0.25) is 0 Å². The Bertz CT molecular complexity index is 419. The summed E-state index contributed by atoms with van der Waals surface area (Å²) in [6.07, 6.45) is 0.916. The van der Waals surface area contributed by atoms with Crippen LogP contribution in [0.2, 0.25) is 0 Å². The minimum absolute atomic E-state index is 0.00564. The molecule has 1 unspecified atom stereocenters. The molecule has 0 bridgehead atoms. The van der Waals surface area contributed by atoms with Gasteiger partial charge in [-0.1, -0.05) is 18.2 Å². The molecule has 0 saturated heterocycles. The number of hydrogen-bond acceptors (Lipinski definition) is 3. The molecule has 3 nitrogen and oxygen atoms in total. The van der Waals surface area contributed by atoms with Crippen molar-refractivity contribution in [3.8, 4) is 0 Å². The van der Waals surface area contributed by atoms with Gasteiger partial charge in [-0.2, -0.15) is 0 Å². The highest BCUT2D eigenvalue weighted by Crippen LogP contribution is 2.19. The number of nitrogens with zero attached hydrogens (tertiary/aromatic N) is 2. The Kier molecular flexibility index (Phi) is 5.28. The summed E-state index contributed by atoms with van der Waals surface area (Å²) in [4.78, 5) is 8.08. The summed E-state index contributed by atoms with van der Waals surface area (Å²) >= 11 is 1.78. The molecule has 0 saturated carbocycles. The Morgan fingerprint density at radius 1 is 1.42 bits per heavy atom. The van der Waals surface area contributed by atoms with Crippen LogP contribution >= 0.6 is 11.8 Å². The molecule has 1 heterocycles. The number of nitrogens with one attached hydrogen (secondary N) is 1. The molecular weight excluding hydrogens is 254 g/mol. The van der Waals surface area contributed by atoms with E-state index in [1.54, 1.807) is 11.8 Å². The highest BCUT2D eigenvalue weighted by atomic mass is 32.2. The second-order valence-electron chi connectivity index (χ2n) is 5.08. The monoisotopic (exact) mass is 276 g/mol. The number of benzene rings is 1. The van der Waals surface area contributed by atoms with Crippen molar-refractivity contribution >= 4 is 17.6 Å². The first-order chi connectivity index (χ1) is 9.15. The van der Waals surface area contributed by atoms with Crippen LogP contribution in [0.25, 0.3) is 0 Å². The van der Waals surface area contributed by atoms with Gasteiger partial charge in [0.1, 0.15) is 0 Å². The molecular formula is C15H22N3S. The highest BCUT2D eigenvalue weighted by molar-refractivity contribution is 7.99. The summed E-state index contributed by atoms with van der Waals surface area (Å²) in [5.41, 5.74) is 8.11. The lowest BCUT2D eigenvalue weighted by atomic mass is 10.2. The van der Waals surface area contributed by atoms with Crippen LogP contribution in [0.3, 0.4) is 0 Å². The molecule has 2 rings (SSSR count). The zero-order valence-electron chi connectivity index (χ0n) is 11.7. The van der Waals surface area contributed by atoms with Gasteiger partial charge in [-0.05, 0) is 32.4 Å². The molecule has 1 aromatic rings. The molecule has 1 N–H and O–H groups in total. The number of rotatable bonds is 6. The van der Waals surface area contributed by atoms with E-state index in [0.29, 0.717) is 6.04 Å². The van der Waals surface area contributed by atoms with E-state index in [9.17, 15) is 0 Å². The number of thioether (sulfide) groups is 1. The topological polar surface area (TPSA) is 39.4 Å². The molecule has 4 heteroatoms. The standard InChI is InChI=1S/C15H22N3S/c1-12-10-18(13(2)17-12)9-8-14(16)11-19-15-6-4-3-5-7-15/h3-7,12,14,16H,8-11H2,1-2H3/t12?,14-/m1/s1. The van der Waals surface area contributed by atoms with Crippen LogP contribution < -0.4 is 5.73 Å². The average molecular weight is 276 g/mol. The van der Waals surface area contributed by atoms with E-state index in [-0.39, 0.29) is 6.04 Å². The van der Waals surface area contributed by atoms with Crippen molar-refractivity contribution in [3.05, 3.63) is 30.3 Å². The van der Waals surface area contributed by atoms with Gasteiger partial charge >= 0.3 is 0 Å². The maximum absolute atomic E-state index is 8.11. The fourth-order valence-corrected chi connectivity index (χ4v) is 3.16. The maximum Gasteiger partial charge on any atom is 0.0962 e. The smallest absolute Gasteiger partial charge is 0.0962 e. The van der Waals surface area contributed by atoms with Crippen LogP contribution in [0.15, 0.2) is 40.2 Å². The Morgan fingerprint density at radius 3 is 2.79 bits per heavy atom. The van der Waals surface area contributed by atoms with E-state index >= 15 is 0 Å². The molecule has 0 spiro atoms. The second kappa shape index (κ2) is 6.96. The minimum Gasteiger partial charge on any atom is -0.358 e. The van der Waals surface area contributed by atoms with E-state index in [1.807, 2.05) is 18.2 Å². The molecule has 19 heavy (non-hydrogen) atoms. The Hall–Kier alpha value is -1.00. The summed E-state index contributed by atoms with van der Waals surface area (Å²) < 4.78 is 0. The number of aliphatic imine (C=N–C) groups is 1. The third-order valence-electron chi connectivity index (χ3n) is 3.29. The molecule has 2 atom stereocenters. The quantitative estimate of drug-likeness (QED) is 0.749.